The molecule has 0 radical (unpaired) electrons. The molecule has 0 unspecified atom stereocenters. The van der Waals surface area contributed by atoms with Crippen LogP contribution in [0.1, 0.15) is 11.1 Å². The standard InChI is InChI=1S/C39H26/c1-3-12-26(13-4-1)38-33-18-9-10-19-34(33)39(27-14-5-2-6-15-27)37-25-29(22-23-35(37)38)31-20-11-21-32-30-17-8-7-16-28(30)24-36(31)32/h1-23,25H,24H2. The van der Waals surface area contributed by atoms with Gasteiger partial charge in [-0.25, -0.2) is 0 Å². The average molecular weight is 495 g/mol. The third kappa shape index (κ3) is 3.46. The van der Waals surface area contributed by atoms with Gasteiger partial charge in [0.05, 0.1) is 0 Å². The Bertz CT molecular complexity index is 2010. The SMILES string of the molecule is c1ccc(-c2c3ccccc3c(-c3ccccc3)c3cc(-c4cccc5c4Cc4ccccc4-5)ccc23)cc1. The highest BCUT2D eigenvalue weighted by Gasteiger charge is 2.22. The van der Waals surface area contributed by atoms with Gasteiger partial charge in [-0.3, -0.25) is 0 Å². The summed E-state index contributed by atoms with van der Waals surface area (Å²) in [6.45, 7) is 0. The summed E-state index contributed by atoms with van der Waals surface area (Å²) in [6, 6.07) is 53.4. The fourth-order valence-electron chi connectivity index (χ4n) is 6.61. The highest BCUT2D eigenvalue weighted by Crippen LogP contribution is 2.46. The minimum absolute atomic E-state index is 0.984. The molecule has 0 aromatic heterocycles. The van der Waals surface area contributed by atoms with Crippen LogP contribution in [0.25, 0.3) is 66.1 Å². The minimum Gasteiger partial charge on any atom is -0.0622 e. The lowest BCUT2D eigenvalue weighted by Crippen LogP contribution is -1.93. The van der Waals surface area contributed by atoms with E-state index in [0.717, 1.165) is 6.42 Å². The molecule has 182 valence electrons. The number of hydrogen-bond acceptors (Lipinski definition) is 0. The molecule has 0 N–H and O–H groups in total. The monoisotopic (exact) mass is 494 g/mol. The number of hydrogen-bond donors (Lipinski definition) is 0. The lowest BCUT2D eigenvalue weighted by atomic mass is 9.84. The Morgan fingerprint density at radius 1 is 0.333 bits per heavy atom. The maximum atomic E-state index is 2.44. The summed E-state index contributed by atoms with van der Waals surface area (Å²) >= 11 is 0. The highest BCUT2D eigenvalue weighted by atomic mass is 14.3. The molecular formula is C39H26. The van der Waals surface area contributed by atoms with E-state index in [0.29, 0.717) is 0 Å². The molecule has 0 amide bonds. The Kier molecular flexibility index (Phi) is 5.00. The summed E-state index contributed by atoms with van der Waals surface area (Å²) in [5.41, 5.74) is 13.3. The van der Waals surface area contributed by atoms with E-state index in [2.05, 4.69) is 146 Å². The van der Waals surface area contributed by atoms with Gasteiger partial charge in [-0.05, 0) is 89.7 Å². The third-order valence-corrected chi connectivity index (χ3v) is 8.31. The van der Waals surface area contributed by atoms with Crippen LogP contribution < -0.4 is 0 Å². The summed E-state index contributed by atoms with van der Waals surface area (Å²) < 4.78 is 0. The van der Waals surface area contributed by atoms with Crippen molar-refractivity contribution in [1.82, 2.24) is 0 Å². The van der Waals surface area contributed by atoms with E-state index in [1.165, 1.54) is 77.2 Å². The van der Waals surface area contributed by atoms with Gasteiger partial charge in [0, 0.05) is 0 Å². The van der Waals surface area contributed by atoms with E-state index in [-0.39, 0.29) is 0 Å². The van der Waals surface area contributed by atoms with Gasteiger partial charge in [0.15, 0.2) is 0 Å². The zero-order chi connectivity index (χ0) is 25.8. The van der Waals surface area contributed by atoms with Gasteiger partial charge in [-0.1, -0.05) is 140 Å². The second-order valence-corrected chi connectivity index (χ2v) is 10.5. The van der Waals surface area contributed by atoms with Crippen LogP contribution in [0.5, 0.6) is 0 Å². The Morgan fingerprint density at radius 3 is 1.59 bits per heavy atom. The fraction of sp³-hybridized carbons (Fsp3) is 0.0256. The van der Waals surface area contributed by atoms with Gasteiger partial charge in [-0.2, -0.15) is 0 Å². The molecule has 7 aromatic carbocycles. The third-order valence-electron chi connectivity index (χ3n) is 8.31. The van der Waals surface area contributed by atoms with Gasteiger partial charge in [0.25, 0.3) is 0 Å². The predicted molar refractivity (Wildman–Crippen MR) is 166 cm³/mol. The van der Waals surface area contributed by atoms with Crippen molar-refractivity contribution in [3.63, 3.8) is 0 Å². The van der Waals surface area contributed by atoms with E-state index < -0.39 is 0 Å². The lowest BCUT2D eigenvalue weighted by Gasteiger charge is -2.19. The van der Waals surface area contributed by atoms with Crippen molar-refractivity contribution in [1.29, 1.82) is 0 Å². The van der Waals surface area contributed by atoms with Gasteiger partial charge in [0.1, 0.15) is 0 Å². The molecule has 0 heterocycles. The Hall–Kier alpha value is -4.94. The van der Waals surface area contributed by atoms with Crippen LogP contribution >= 0.6 is 0 Å². The number of rotatable bonds is 3. The van der Waals surface area contributed by atoms with E-state index in [4.69, 9.17) is 0 Å². The maximum Gasteiger partial charge on any atom is -0.000729 e. The van der Waals surface area contributed by atoms with Crippen LogP contribution in [0.2, 0.25) is 0 Å². The normalized spacial score (nSPS) is 12.0. The van der Waals surface area contributed by atoms with Crippen molar-refractivity contribution in [2.45, 2.75) is 6.42 Å². The largest absolute Gasteiger partial charge is 0.0622 e. The zero-order valence-electron chi connectivity index (χ0n) is 21.6. The highest BCUT2D eigenvalue weighted by molar-refractivity contribution is 6.22. The first kappa shape index (κ1) is 22.1. The molecule has 0 nitrogen and oxygen atoms in total. The molecule has 8 rings (SSSR count). The molecule has 0 saturated carbocycles. The van der Waals surface area contributed by atoms with Crippen molar-refractivity contribution in [2.24, 2.45) is 0 Å². The minimum atomic E-state index is 0.984. The molecule has 0 spiro atoms. The topological polar surface area (TPSA) is 0 Å². The first-order valence-electron chi connectivity index (χ1n) is 13.7. The second-order valence-electron chi connectivity index (χ2n) is 10.5. The zero-order valence-corrected chi connectivity index (χ0v) is 21.6. The van der Waals surface area contributed by atoms with Crippen LogP contribution in [-0.4, -0.2) is 0 Å². The van der Waals surface area contributed by atoms with Crippen molar-refractivity contribution in [3.8, 4) is 44.5 Å². The predicted octanol–water partition coefficient (Wildman–Crippen LogP) is 10.6. The van der Waals surface area contributed by atoms with Crippen LogP contribution in [-0.2, 0) is 6.42 Å². The fourth-order valence-corrected chi connectivity index (χ4v) is 6.61. The molecule has 0 aliphatic heterocycles. The first-order chi connectivity index (χ1) is 19.4. The van der Waals surface area contributed by atoms with Crippen LogP contribution in [0, 0.1) is 0 Å². The van der Waals surface area contributed by atoms with E-state index in [1.807, 2.05) is 0 Å². The second kappa shape index (κ2) is 8.82. The van der Waals surface area contributed by atoms with Gasteiger partial charge in [-0.15, -0.1) is 0 Å². The molecule has 0 fully saturated rings. The Morgan fingerprint density at radius 2 is 0.872 bits per heavy atom. The van der Waals surface area contributed by atoms with Crippen molar-refractivity contribution in [3.05, 3.63) is 157 Å². The van der Waals surface area contributed by atoms with Crippen LogP contribution in [0.15, 0.2) is 146 Å². The molecule has 1 aliphatic carbocycles. The first-order valence-corrected chi connectivity index (χ1v) is 13.7. The van der Waals surface area contributed by atoms with Crippen LogP contribution in [0.3, 0.4) is 0 Å². The van der Waals surface area contributed by atoms with E-state index in [1.54, 1.807) is 0 Å². The molecule has 39 heavy (non-hydrogen) atoms. The average Bonchev–Trinajstić information content (AvgIpc) is 3.39. The van der Waals surface area contributed by atoms with Crippen molar-refractivity contribution < 1.29 is 0 Å². The quantitative estimate of drug-likeness (QED) is 0.214. The summed E-state index contributed by atoms with van der Waals surface area (Å²) in [5, 5.41) is 5.17. The van der Waals surface area contributed by atoms with E-state index in [9.17, 15) is 0 Å². The van der Waals surface area contributed by atoms with Gasteiger partial charge in [0.2, 0.25) is 0 Å². The summed E-state index contributed by atoms with van der Waals surface area (Å²) in [6.07, 6.45) is 0.984. The maximum absolute atomic E-state index is 2.44. The number of fused-ring (bicyclic) bond motifs is 5. The molecule has 0 heteroatoms. The van der Waals surface area contributed by atoms with Crippen molar-refractivity contribution >= 4 is 21.5 Å². The smallest absolute Gasteiger partial charge is 0.000729 e. The van der Waals surface area contributed by atoms with Crippen LogP contribution in [0.4, 0.5) is 0 Å². The molecule has 7 aromatic rings. The molecular weight excluding hydrogens is 468 g/mol. The van der Waals surface area contributed by atoms with Gasteiger partial charge >= 0.3 is 0 Å². The molecule has 0 atom stereocenters. The number of benzene rings is 7. The summed E-state index contributed by atoms with van der Waals surface area (Å²) in [7, 11) is 0. The van der Waals surface area contributed by atoms with Gasteiger partial charge < -0.3 is 0 Å². The Labute approximate surface area is 228 Å². The summed E-state index contributed by atoms with van der Waals surface area (Å²) in [5.74, 6) is 0. The summed E-state index contributed by atoms with van der Waals surface area (Å²) in [4.78, 5) is 0. The Balaban J connectivity index is 1.46. The molecule has 0 bridgehead atoms. The van der Waals surface area contributed by atoms with Crippen molar-refractivity contribution in [2.75, 3.05) is 0 Å². The van der Waals surface area contributed by atoms with E-state index >= 15 is 0 Å². The lowest BCUT2D eigenvalue weighted by molar-refractivity contribution is 1.26. The molecule has 0 saturated heterocycles. The molecule has 1 aliphatic rings.